The molecule has 1 heterocycles. The average Bonchev–Trinajstić information content (AvgIpc) is 3.23. The van der Waals surface area contributed by atoms with Crippen LogP contribution in [0, 0.1) is 0 Å². The van der Waals surface area contributed by atoms with Crippen LogP contribution in [0.5, 0.6) is 0 Å². The lowest BCUT2D eigenvalue weighted by atomic mass is 9.90. The minimum Gasteiger partial charge on any atom is -0.352 e. The Balaban J connectivity index is 1.91. The Hall–Kier alpha value is -1.55. The van der Waals surface area contributed by atoms with E-state index in [9.17, 15) is 9.59 Å². The second kappa shape index (κ2) is 4.73. The van der Waals surface area contributed by atoms with E-state index in [1.165, 1.54) is 0 Å². The third kappa shape index (κ3) is 2.22. The normalized spacial score (nSPS) is 22.6. The average molecular weight is 307 g/mol. The van der Waals surface area contributed by atoms with Gasteiger partial charge in [0.05, 0.1) is 5.41 Å². The van der Waals surface area contributed by atoms with Crippen LogP contribution >= 0.6 is 11.6 Å². The maximum atomic E-state index is 13.0. The van der Waals surface area contributed by atoms with Gasteiger partial charge in [0.2, 0.25) is 11.8 Å². The van der Waals surface area contributed by atoms with Crippen molar-refractivity contribution >= 4 is 23.4 Å². The van der Waals surface area contributed by atoms with Crippen molar-refractivity contribution < 1.29 is 9.59 Å². The van der Waals surface area contributed by atoms with Crippen molar-refractivity contribution in [1.82, 2.24) is 10.2 Å². The van der Waals surface area contributed by atoms with Gasteiger partial charge >= 0.3 is 0 Å². The van der Waals surface area contributed by atoms with Crippen molar-refractivity contribution in [3.05, 3.63) is 34.9 Å². The Kier molecular flexibility index (Phi) is 3.24. The molecule has 2 amide bonds. The van der Waals surface area contributed by atoms with E-state index in [0.717, 1.165) is 18.4 Å². The van der Waals surface area contributed by atoms with Gasteiger partial charge in [0.15, 0.2) is 0 Å². The topological polar surface area (TPSA) is 49.4 Å². The maximum absolute atomic E-state index is 13.0. The van der Waals surface area contributed by atoms with Gasteiger partial charge in [-0.15, -0.1) is 0 Å². The van der Waals surface area contributed by atoms with Crippen LogP contribution in [0.2, 0.25) is 5.02 Å². The Morgan fingerprint density at radius 1 is 1.24 bits per heavy atom. The minimum absolute atomic E-state index is 0.0599. The number of rotatable bonds is 2. The zero-order valence-corrected chi connectivity index (χ0v) is 13.0. The van der Waals surface area contributed by atoms with Crippen LogP contribution in [0.1, 0.15) is 32.3 Å². The van der Waals surface area contributed by atoms with Crippen molar-refractivity contribution in [2.24, 2.45) is 0 Å². The molecular weight excluding hydrogens is 288 g/mol. The Labute approximate surface area is 129 Å². The van der Waals surface area contributed by atoms with E-state index in [2.05, 4.69) is 5.32 Å². The number of hydrogen-bond acceptors (Lipinski definition) is 2. The first kappa shape index (κ1) is 14.4. The van der Waals surface area contributed by atoms with Gasteiger partial charge in [0, 0.05) is 18.1 Å². The van der Waals surface area contributed by atoms with Crippen molar-refractivity contribution in [3.63, 3.8) is 0 Å². The largest absolute Gasteiger partial charge is 0.352 e. The van der Waals surface area contributed by atoms with E-state index in [1.54, 1.807) is 18.7 Å². The molecule has 1 aliphatic carbocycles. The molecule has 5 heteroatoms. The quantitative estimate of drug-likeness (QED) is 0.910. The lowest BCUT2D eigenvalue weighted by Crippen LogP contribution is -2.65. The van der Waals surface area contributed by atoms with Gasteiger partial charge in [-0.2, -0.15) is 0 Å². The highest BCUT2D eigenvalue weighted by atomic mass is 35.5. The molecule has 0 aromatic heterocycles. The molecule has 1 saturated carbocycles. The number of amides is 2. The molecule has 1 aliphatic heterocycles. The van der Waals surface area contributed by atoms with Crippen LogP contribution in [0.15, 0.2) is 24.3 Å². The van der Waals surface area contributed by atoms with Gasteiger partial charge in [-0.25, -0.2) is 0 Å². The van der Waals surface area contributed by atoms with Gasteiger partial charge in [-0.05, 0) is 44.4 Å². The van der Waals surface area contributed by atoms with Crippen LogP contribution in [0.25, 0.3) is 0 Å². The van der Waals surface area contributed by atoms with Crippen molar-refractivity contribution in [2.45, 2.75) is 37.6 Å². The number of nitrogens with one attached hydrogen (secondary N) is 1. The summed E-state index contributed by atoms with van der Waals surface area (Å²) >= 11 is 5.93. The molecule has 0 atom stereocenters. The third-order valence-corrected chi connectivity index (χ3v) is 4.90. The number of halogens is 1. The van der Waals surface area contributed by atoms with Gasteiger partial charge in [0.1, 0.15) is 5.54 Å². The van der Waals surface area contributed by atoms with Crippen LogP contribution in [0.4, 0.5) is 0 Å². The first-order valence-corrected chi connectivity index (χ1v) is 7.62. The van der Waals surface area contributed by atoms with Crippen molar-refractivity contribution in [2.75, 3.05) is 13.1 Å². The summed E-state index contributed by atoms with van der Waals surface area (Å²) in [5.41, 5.74) is -0.254. The number of piperazine rings is 1. The number of carbonyl (C=O) groups is 2. The summed E-state index contributed by atoms with van der Waals surface area (Å²) in [6, 6.07) is 7.48. The lowest BCUT2D eigenvalue weighted by molar-refractivity contribution is -0.151. The Morgan fingerprint density at radius 2 is 1.86 bits per heavy atom. The molecular formula is C16H19ClN2O2. The van der Waals surface area contributed by atoms with Gasteiger partial charge in [-0.3, -0.25) is 9.59 Å². The summed E-state index contributed by atoms with van der Waals surface area (Å²) in [5.74, 6) is -0.0290. The number of carbonyl (C=O) groups excluding carboxylic acids is 2. The monoisotopic (exact) mass is 306 g/mol. The number of hydrogen-bond donors (Lipinski definition) is 1. The van der Waals surface area contributed by atoms with E-state index < -0.39 is 11.0 Å². The zero-order valence-electron chi connectivity index (χ0n) is 12.3. The molecule has 1 aromatic carbocycles. The van der Waals surface area contributed by atoms with E-state index >= 15 is 0 Å². The zero-order chi connectivity index (χ0) is 15.3. The van der Waals surface area contributed by atoms with Crippen LogP contribution in [-0.4, -0.2) is 35.3 Å². The highest BCUT2D eigenvalue weighted by molar-refractivity contribution is 6.30. The highest BCUT2D eigenvalue weighted by Gasteiger charge is 2.56. The smallest absolute Gasteiger partial charge is 0.245 e. The number of benzene rings is 1. The summed E-state index contributed by atoms with van der Waals surface area (Å²) in [4.78, 5) is 26.8. The van der Waals surface area contributed by atoms with Gasteiger partial charge in [-0.1, -0.05) is 23.7 Å². The molecule has 1 aromatic rings. The number of nitrogens with zero attached hydrogens (tertiary/aromatic N) is 1. The summed E-state index contributed by atoms with van der Waals surface area (Å²) in [6.45, 7) is 4.69. The fourth-order valence-corrected chi connectivity index (χ4v) is 3.16. The molecule has 0 unspecified atom stereocenters. The molecule has 2 fully saturated rings. The van der Waals surface area contributed by atoms with E-state index in [-0.39, 0.29) is 11.8 Å². The Morgan fingerprint density at radius 3 is 2.43 bits per heavy atom. The molecule has 1 N–H and O–H groups in total. The summed E-state index contributed by atoms with van der Waals surface area (Å²) in [7, 11) is 0. The molecule has 21 heavy (non-hydrogen) atoms. The van der Waals surface area contributed by atoms with Gasteiger partial charge < -0.3 is 10.2 Å². The summed E-state index contributed by atoms with van der Waals surface area (Å²) in [5, 5.41) is 3.49. The van der Waals surface area contributed by atoms with E-state index in [0.29, 0.717) is 18.1 Å². The Bertz CT molecular complexity index is 591. The summed E-state index contributed by atoms with van der Waals surface area (Å²) in [6.07, 6.45) is 1.67. The fourth-order valence-electron chi connectivity index (χ4n) is 3.03. The predicted molar refractivity (Wildman–Crippen MR) is 81.2 cm³/mol. The molecule has 0 radical (unpaired) electrons. The summed E-state index contributed by atoms with van der Waals surface area (Å²) < 4.78 is 0. The molecule has 3 rings (SSSR count). The second-order valence-corrected chi connectivity index (χ2v) is 6.80. The highest BCUT2D eigenvalue weighted by Crippen LogP contribution is 2.50. The van der Waals surface area contributed by atoms with Gasteiger partial charge in [0.25, 0.3) is 0 Å². The fraction of sp³-hybridized carbons (Fsp3) is 0.500. The molecule has 0 bridgehead atoms. The predicted octanol–water partition coefficient (Wildman–Crippen LogP) is 2.11. The standard InChI is InChI=1S/C16H19ClN2O2/c1-15(2)13(20)18-9-10-19(15)14(21)16(7-8-16)11-3-5-12(17)6-4-11/h3-6H,7-10H2,1-2H3,(H,18,20). The second-order valence-electron chi connectivity index (χ2n) is 6.36. The van der Waals surface area contributed by atoms with Crippen LogP contribution in [0.3, 0.4) is 0 Å². The first-order chi connectivity index (χ1) is 9.88. The molecule has 112 valence electrons. The van der Waals surface area contributed by atoms with Crippen LogP contribution < -0.4 is 5.32 Å². The lowest BCUT2D eigenvalue weighted by Gasteiger charge is -2.43. The van der Waals surface area contributed by atoms with Crippen molar-refractivity contribution in [1.29, 1.82) is 0 Å². The molecule has 1 saturated heterocycles. The van der Waals surface area contributed by atoms with Crippen LogP contribution in [-0.2, 0) is 15.0 Å². The SMILES string of the molecule is CC1(C)C(=O)NCCN1C(=O)C1(c2ccc(Cl)cc2)CC1. The molecule has 2 aliphatic rings. The molecule has 4 nitrogen and oxygen atoms in total. The van der Waals surface area contributed by atoms with E-state index in [1.807, 2.05) is 24.3 Å². The maximum Gasteiger partial charge on any atom is 0.245 e. The van der Waals surface area contributed by atoms with Crippen molar-refractivity contribution in [3.8, 4) is 0 Å². The minimum atomic E-state index is -0.794. The first-order valence-electron chi connectivity index (χ1n) is 7.24. The third-order valence-electron chi connectivity index (χ3n) is 4.65. The molecule has 0 spiro atoms. The van der Waals surface area contributed by atoms with E-state index in [4.69, 9.17) is 11.6 Å².